The fraction of sp³-hybridized carbons (Fsp3) is 0.500. The van der Waals surface area contributed by atoms with Gasteiger partial charge in [0.25, 0.3) is 0 Å². The van der Waals surface area contributed by atoms with Gasteiger partial charge in [-0.15, -0.1) is 0 Å². The minimum atomic E-state index is 0.126. The van der Waals surface area contributed by atoms with E-state index in [4.69, 9.17) is 11.5 Å². The molecule has 0 bridgehead atoms. The molecule has 2 unspecified atom stereocenters. The molecule has 0 saturated carbocycles. The van der Waals surface area contributed by atoms with E-state index >= 15 is 0 Å². The van der Waals surface area contributed by atoms with Crippen LogP contribution in [0.5, 0.6) is 0 Å². The van der Waals surface area contributed by atoms with Gasteiger partial charge in [-0.25, -0.2) is 0 Å². The van der Waals surface area contributed by atoms with Crippen LogP contribution in [0.4, 0.5) is 0 Å². The molecule has 0 fully saturated rings. The van der Waals surface area contributed by atoms with Crippen LogP contribution < -0.4 is 11.5 Å². The van der Waals surface area contributed by atoms with Crippen LogP contribution in [0.25, 0.3) is 0 Å². The molecule has 0 radical (unpaired) electrons. The minimum Gasteiger partial charge on any atom is -0.323 e. The van der Waals surface area contributed by atoms with E-state index in [0.717, 1.165) is 11.5 Å². The van der Waals surface area contributed by atoms with Gasteiger partial charge in [-0.2, -0.15) is 23.5 Å². The predicted octanol–water partition coefficient (Wildman–Crippen LogP) is 2.41. The summed E-state index contributed by atoms with van der Waals surface area (Å²) in [6.07, 6.45) is 4.14. The van der Waals surface area contributed by atoms with Gasteiger partial charge in [0.15, 0.2) is 0 Å². The van der Waals surface area contributed by atoms with Crippen LogP contribution in [0.1, 0.15) is 23.2 Å². The van der Waals surface area contributed by atoms with Crippen LogP contribution in [0.15, 0.2) is 24.3 Å². The summed E-state index contributed by atoms with van der Waals surface area (Å²) in [6, 6.07) is 8.63. The Bertz CT molecular complexity index is 269. The Labute approximate surface area is 107 Å². The van der Waals surface area contributed by atoms with Crippen molar-refractivity contribution < 1.29 is 0 Å². The number of benzene rings is 1. The van der Waals surface area contributed by atoms with Crippen LogP contribution in [-0.4, -0.2) is 24.0 Å². The third-order valence-electron chi connectivity index (χ3n) is 2.49. The van der Waals surface area contributed by atoms with Crippen LogP contribution in [0.2, 0.25) is 0 Å². The van der Waals surface area contributed by atoms with Crippen molar-refractivity contribution in [3.63, 3.8) is 0 Å². The molecule has 0 amide bonds. The van der Waals surface area contributed by atoms with Gasteiger partial charge >= 0.3 is 0 Å². The normalized spacial score (nSPS) is 14.8. The molecule has 1 aromatic carbocycles. The second kappa shape index (κ2) is 7.22. The van der Waals surface area contributed by atoms with Gasteiger partial charge in [0.05, 0.1) is 0 Å². The highest BCUT2D eigenvalue weighted by molar-refractivity contribution is 7.98. The summed E-state index contributed by atoms with van der Waals surface area (Å²) in [6.45, 7) is 0. The van der Waals surface area contributed by atoms with Gasteiger partial charge < -0.3 is 11.5 Å². The largest absolute Gasteiger partial charge is 0.323 e. The molecule has 16 heavy (non-hydrogen) atoms. The van der Waals surface area contributed by atoms with Crippen molar-refractivity contribution >= 4 is 23.5 Å². The molecule has 0 saturated heterocycles. The zero-order valence-corrected chi connectivity index (χ0v) is 11.5. The standard InChI is InChI=1S/C12H20N2S2/c1-15-7-11(13)9-3-5-10(6-4-9)12(14)8-16-2/h3-6,11-12H,7-8,13-14H2,1-2H3. The third kappa shape index (κ3) is 4.01. The summed E-state index contributed by atoms with van der Waals surface area (Å²) in [5.41, 5.74) is 14.4. The first-order valence-electron chi connectivity index (χ1n) is 5.28. The number of rotatable bonds is 6. The van der Waals surface area contributed by atoms with Gasteiger partial charge in [-0.3, -0.25) is 0 Å². The van der Waals surface area contributed by atoms with Gasteiger partial charge in [0.1, 0.15) is 0 Å². The van der Waals surface area contributed by atoms with Crippen LogP contribution in [0, 0.1) is 0 Å². The van der Waals surface area contributed by atoms with Crippen molar-refractivity contribution in [3.05, 3.63) is 35.4 Å². The molecule has 4 N–H and O–H groups in total. The molecule has 0 spiro atoms. The Morgan fingerprint density at radius 1 is 0.875 bits per heavy atom. The average molecular weight is 256 g/mol. The number of hydrogen-bond acceptors (Lipinski definition) is 4. The average Bonchev–Trinajstić information content (AvgIpc) is 2.30. The van der Waals surface area contributed by atoms with Crippen molar-refractivity contribution in [2.75, 3.05) is 24.0 Å². The lowest BCUT2D eigenvalue weighted by atomic mass is 10.0. The predicted molar refractivity (Wildman–Crippen MR) is 77.1 cm³/mol. The molecule has 4 heteroatoms. The Balaban J connectivity index is 2.67. The van der Waals surface area contributed by atoms with Gasteiger partial charge in [0.2, 0.25) is 0 Å². The Kier molecular flexibility index (Phi) is 6.28. The van der Waals surface area contributed by atoms with Crippen LogP contribution >= 0.6 is 23.5 Å². The monoisotopic (exact) mass is 256 g/mol. The maximum atomic E-state index is 6.03. The summed E-state index contributed by atoms with van der Waals surface area (Å²) in [4.78, 5) is 0. The zero-order valence-electron chi connectivity index (χ0n) is 9.85. The molecule has 0 aromatic heterocycles. The van der Waals surface area contributed by atoms with E-state index < -0.39 is 0 Å². The van der Waals surface area contributed by atoms with Gasteiger partial charge in [-0.05, 0) is 23.6 Å². The molecule has 0 aliphatic heterocycles. The number of hydrogen-bond donors (Lipinski definition) is 2. The quantitative estimate of drug-likeness (QED) is 0.821. The maximum Gasteiger partial charge on any atom is 0.0386 e. The highest BCUT2D eigenvalue weighted by atomic mass is 32.2. The summed E-state index contributed by atoms with van der Waals surface area (Å²) in [7, 11) is 0. The highest BCUT2D eigenvalue weighted by Gasteiger charge is 2.07. The molecule has 1 rings (SSSR count). The Morgan fingerprint density at radius 2 is 1.19 bits per heavy atom. The van der Waals surface area contributed by atoms with Crippen LogP contribution in [0.3, 0.4) is 0 Å². The summed E-state index contributed by atoms with van der Waals surface area (Å²) in [5.74, 6) is 1.91. The molecule has 0 heterocycles. The van der Waals surface area contributed by atoms with E-state index in [1.165, 1.54) is 11.1 Å². The lowest BCUT2D eigenvalue weighted by molar-refractivity contribution is 0.812. The highest BCUT2D eigenvalue weighted by Crippen LogP contribution is 2.19. The molecule has 1 aromatic rings. The first kappa shape index (κ1) is 13.9. The van der Waals surface area contributed by atoms with Crippen molar-refractivity contribution in [1.82, 2.24) is 0 Å². The van der Waals surface area contributed by atoms with E-state index in [0.29, 0.717) is 0 Å². The second-order valence-electron chi connectivity index (χ2n) is 3.79. The lowest BCUT2D eigenvalue weighted by Gasteiger charge is -2.14. The van der Waals surface area contributed by atoms with E-state index in [1.807, 2.05) is 0 Å². The van der Waals surface area contributed by atoms with E-state index in [2.05, 4.69) is 36.8 Å². The molecule has 2 atom stereocenters. The molecule has 90 valence electrons. The van der Waals surface area contributed by atoms with Crippen molar-refractivity contribution in [2.45, 2.75) is 12.1 Å². The third-order valence-corrected chi connectivity index (χ3v) is 3.87. The number of nitrogens with two attached hydrogens (primary N) is 2. The van der Waals surface area contributed by atoms with E-state index in [1.54, 1.807) is 23.5 Å². The maximum absolute atomic E-state index is 6.03. The second-order valence-corrected chi connectivity index (χ2v) is 5.61. The summed E-state index contributed by atoms with van der Waals surface area (Å²) < 4.78 is 0. The molecular weight excluding hydrogens is 236 g/mol. The van der Waals surface area contributed by atoms with Gasteiger partial charge in [0, 0.05) is 23.6 Å². The Hall–Kier alpha value is -0.160. The summed E-state index contributed by atoms with van der Waals surface area (Å²) in [5, 5.41) is 0. The fourth-order valence-electron chi connectivity index (χ4n) is 1.54. The topological polar surface area (TPSA) is 52.0 Å². The summed E-state index contributed by atoms with van der Waals surface area (Å²) >= 11 is 3.54. The SMILES string of the molecule is CSCC(N)c1ccc(C(N)CSC)cc1. The van der Waals surface area contributed by atoms with E-state index in [9.17, 15) is 0 Å². The smallest absolute Gasteiger partial charge is 0.0386 e. The van der Waals surface area contributed by atoms with Crippen molar-refractivity contribution in [1.29, 1.82) is 0 Å². The molecule has 0 aliphatic carbocycles. The molecular formula is C12H20N2S2. The Morgan fingerprint density at radius 3 is 1.44 bits per heavy atom. The minimum absolute atomic E-state index is 0.126. The first-order valence-corrected chi connectivity index (χ1v) is 8.06. The van der Waals surface area contributed by atoms with Crippen molar-refractivity contribution in [3.8, 4) is 0 Å². The molecule has 0 aliphatic rings. The fourth-order valence-corrected chi connectivity index (χ4v) is 2.65. The van der Waals surface area contributed by atoms with Crippen LogP contribution in [-0.2, 0) is 0 Å². The number of thioether (sulfide) groups is 2. The van der Waals surface area contributed by atoms with Crippen molar-refractivity contribution in [2.24, 2.45) is 11.5 Å². The van der Waals surface area contributed by atoms with E-state index in [-0.39, 0.29) is 12.1 Å². The molecule has 2 nitrogen and oxygen atoms in total. The lowest BCUT2D eigenvalue weighted by Crippen LogP contribution is -2.15. The zero-order chi connectivity index (χ0) is 12.0. The van der Waals surface area contributed by atoms with Gasteiger partial charge in [-0.1, -0.05) is 24.3 Å². The first-order chi connectivity index (χ1) is 7.69.